The molecule has 1 saturated carbocycles. The number of nitrogens with zero attached hydrogens (tertiary/aromatic N) is 4. The Morgan fingerprint density at radius 2 is 2.24 bits per heavy atom. The van der Waals surface area contributed by atoms with Crippen molar-refractivity contribution in [3.05, 3.63) is 12.7 Å². The number of fused-ring (bicyclic) bond motifs is 1. The van der Waals surface area contributed by atoms with E-state index in [9.17, 15) is 0 Å². The molecule has 0 bridgehead atoms. The highest BCUT2D eigenvalue weighted by Gasteiger charge is 2.26. The zero-order chi connectivity index (χ0) is 11.8. The second-order valence-electron chi connectivity index (χ2n) is 4.54. The monoisotopic (exact) mass is 232 g/mol. The minimum atomic E-state index is 0.455. The molecular weight excluding hydrogens is 216 g/mol. The van der Waals surface area contributed by atoms with Crippen LogP contribution in [0.5, 0.6) is 0 Å². The molecule has 2 aromatic rings. The molecule has 3 rings (SSSR count). The lowest BCUT2D eigenvalue weighted by Crippen LogP contribution is -2.21. The van der Waals surface area contributed by atoms with Crippen LogP contribution in [0.15, 0.2) is 12.7 Å². The lowest BCUT2D eigenvalue weighted by atomic mass is 10.2. The summed E-state index contributed by atoms with van der Waals surface area (Å²) in [5, 5.41) is 3.32. The lowest BCUT2D eigenvalue weighted by molar-refractivity contribution is 0.500. The van der Waals surface area contributed by atoms with Gasteiger partial charge in [-0.15, -0.1) is 0 Å². The molecule has 1 aliphatic carbocycles. The van der Waals surface area contributed by atoms with Crippen LogP contribution in [-0.2, 0) is 0 Å². The Balaban J connectivity index is 1.99. The molecule has 6 heteroatoms. The number of imidazole rings is 1. The zero-order valence-corrected chi connectivity index (χ0v) is 9.80. The van der Waals surface area contributed by atoms with Crippen molar-refractivity contribution in [1.29, 1.82) is 0 Å². The number of nitrogen functional groups attached to an aromatic ring is 1. The molecule has 0 unspecified atom stereocenters. The Morgan fingerprint density at radius 3 is 3.00 bits per heavy atom. The van der Waals surface area contributed by atoms with Crippen molar-refractivity contribution in [2.75, 3.05) is 12.8 Å². The number of nitrogens with one attached hydrogen (secondary N) is 1. The second-order valence-corrected chi connectivity index (χ2v) is 4.54. The third-order valence-corrected chi connectivity index (χ3v) is 3.59. The van der Waals surface area contributed by atoms with E-state index in [0.717, 1.165) is 18.5 Å². The number of aromatic nitrogens is 4. The summed E-state index contributed by atoms with van der Waals surface area (Å²) in [6.07, 6.45) is 6.80. The fourth-order valence-corrected chi connectivity index (χ4v) is 2.61. The minimum absolute atomic E-state index is 0.455. The second kappa shape index (κ2) is 3.96. The molecule has 17 heavy (non-hydrogen) atoms. The Hall–Kier alpha value is -1.69. The first-order valence-corrected chi connectivity index (χ1v) is 5.90. The fourth-order valence-electron chi connectivity index (χ4n) is 2.61. The number of rotatable bonds is 2. The Bertz CT molecular complexity index is 534. The van der Waals surface area contributed by atoms with Crippen LogP contribution in [0, 0.1) is 0 Å². The summed E-state index contributed by atoms with van der Waals surface area (Å²) in [6, 6.07) is 1.06. The third kappa shape index (κ3) is 1.64. The van der Waals surface area contributed by atoms with Gasteiger partial charge >= 0.3 is 0 Å². The summed E-state index contributed by atoms with van der Waals surface area (Å²) in [6.45, 7) is 0. The van der Waals surface area contributed by atoms with Crippen molar-refractivity contribution in [3.8, 4) is 0 Å². The molecule has 1 fully saturated rings. The molecule has 0 aromatic carbocycles. The third-order valence-electron chi connectivity index (χ3n) is 3.59. The average molecular weight is 232 g/mol. The zero-order valence-electron chi connectivity index (χ0n) is 9.80. The van der Waals surface area contributed by atoms with Crippen LogP contribution >= 0.6 is 0 Å². The van der Waals surface area contributed by atoms with Crippen LogP contribution in [0.3, 0.4) is 0 Å². The molecule has 3 N–H and O–H groups in total. The summed E-state index contributed by atoms with van der Waals surface area (Å²) in [5.41, 5.74) is 7.34. The van der Waals surface area contributed by atoms with Gasteiger partial charge in [0.25, 0.3) is 0 Å². The van der Waals surface area contributed by atoms with E-state index in [4.69, 9.17) is 5.73 Å². The van der Waals surface area contributed by atoms with Gasteiger partial charge in [0.15, 0.2) is 11.5 Å². The van der Waals surface area contributed by atoms with Crippen molar-refractivity contribution in [3.63, 3.8) is 0 Å². The topological polar surface area (TPSA) is 81.7 Å². The summed E-state index contributed by atoms with van der Waals surface area (Å²) in [4.78, 5) is 12.5. The summed E-state index contributed by atoms with van der Waals surface area (Å²) in [5.74, 6) is 0.455. The maximum absolute atomic E-state index is 5.78. The number of anilines is 1. The molecule has 90 valence electrons. The van der Waals surface area contributed by atoms with Crippen LogP contribution in [0.2, 0.25) is 0 Å². The van der Waals surface area contributed by atoms with Gasteiger partial charge in [0.1, 0.15) is 11.8 Å². The first-order chi connectivity index (χ1) is 8.29. The molecule has 0 spiro atoms. The van der Waals surface area contributed by atoms with Crippen LogP contribution in [0.1, 0.15) is 25.3 Å². The normalized spacial score (nSPS) is 24.5. The van der Waals surface area contributed by atoms with E-state index >= 15 is 0 Å². The van der Waals surface area contributed by atoms with Gasteiger partial charge in [0.2, 0.25) is 0 Å². The first-order valence-electron chi connectivity index (χ1n) is 5.90. The van der Waals surface area contributed by atoms with E-state index in [1.807, 2.05) is 13.4 Å². The molecule has 2 atom stereocenters. The molecular formula is C11H16N6. The molecule has 2 heterocycles. The van der Waals surface area contributed by atoms with Gasteiger partial charge < -0.3 is 15.6 Å². The average Bonchev–Trinajstić information content (AvgIpc) is 2.94. The predicted molar refractivity (Wildman–Crippen MR) is 65.5 cm³/mol. The molecule has 0 saturated heterocycles. The van der Waals surface area contributed by atoms with Gasteiger partial charge in [0.05, 0.1) is 6.33 Å². The van der Waals surface area contributed by atoms with Gasteiger partial charge in [-0.2, -0.15) is 0 Å². The van der Waals surface area contributed by atoms with Crippen molar-refractivity contribution >= 4 is 17.0 Å². The van der Waals surface area contributed by atoms with Crippen molar-refractivity contribution in [1.82, 2.24) is 24.8 Å². The van der Waals surface area contributed by atoms with E-state index < -0.39 is 0 Å². The Morgan fingerprint density at radius 1 is 1.35 bits per heavy atom. The Kier molecular flexibility index (Phi) is 2.44. The standard InChI is InChI=1S/C11H16N6/c1-13-7-2-3-8(4-7)17-6-16-9-10(12)14-5-15-11(9)17/h5-8,13H,2-4H2,1H3,(H2,12,14,15)/t7-,8-/m0/s1. The molecule has 0 radical (unpaired) electrons. The summed E-state index contributed by atoms with van der Waals surface area (Å²) < 4.78 is 2.13. The highest BCUT2D eigenvalue weighted by Crippen LogP contribution is 2.32. The summed E-state index contributed by atoms with van der Waals surface area (Å²) in [7, 11) is 2.01. The quantitative estimate of drug-likeness (QED) is 0.797. The highest BCUT2D eigenvalue weighted by atomic mass is 15.2. The van der Waals surface area contributed by atoms with Gasteiger partial charge in [0, 0.05) is 12.1 Å². The minimum Gasteiger partial charge on any atom is -0.382 e. The van der Waals surface area contributed by atoms with E-state index in [1.165, 1.54) is 12.7 Å². The molecule has 0 aliphatic heterocycles. The van der Waals surface area contributed by atoms with Gasteiger partial charge in [-0.05, 0) is 26.3 Å². The maximum atomic E-state index is 5.78. The van der Waals surface area contributed by atoms with Crippen LogP contribution in [0.4, 0.5) is 5.82 Å². The predicted octanol–water partition coefficient (Wildman–Crippen LogP) is 0.721. The SMILES string of the molecule is CN[C@H]1CC[C@H](n2cnc3c(N)ncnc32)C1. The van der Waals surface area contributed by atoms with Crippen molar-refractivity contribution < 1.29 is 0 Å². The molecule has 1 aliphatic rings. The fraction of sp³-hybridized carbons (Fsp3) is 0.545. The van der Waals surface area contributed by atoms with E-state index in [2.05, 4.69) is 24.8 Å². The Labute approximate surface area is 99.3 Å². The molecule has 0 amide bonds. The van der Waals surface area contributed by atoms with Crippen LogP contribution < -0.4 is 11.1 Å². The number of nitrogens with two attached hydrogens (primary N) is 1. The van der Waals surface area contributed by atoms with Gasteiger partial charge in [-0.1, -0.05) is 0 Å². The van der Waals surface area contributed by atoms with Gasteiger partial charge in [-0.25, -0.2) is 15.0 Å². The highest BCUT2D eigenvalue weighted by molar-refractivity contribution is 5.81. The smallest absolute Gasteiger partial charge is 0.165 e. The van der Waals surface area contributed by atoms with Crippen LogP contribution in [-0.4, -0.2) is 32.6 Å². The van der Waals surface area contributed by atoms with E-state index in [1.54, 1.807) is 0 Å². The van der Waals surface area contributed by atoms with E-state index in [-0.39, 0.29) is 0 Å². The van der Waals surface area contributed by atoms with Gasteiger partial charge in [-0.3, -0.25) is 0 Å². The number of hydrogen-bond donors (Lipinski definition) is 2. The molecule has 6 nitrogen and oxygen atoms in total. The largest absolute Gasteiger partial charge is 0.382 e. The first kappa shape index (κ1) is 10.5. The summed E-state index contributed by atoms with van der Waals surface area (Å²) >= 11 is 0. The van der Waals surface area contributed by atoms with Crippen molar-refractivity contribution in [2.24, 2.45) is 0 Å². The lowest BCUT2D eigenvalue weighted by Gasteiger charge is -2.12. The molecule has 2 aromatic heterocycles. The maximum Gasteiger partial charge on any atom is 0.165 e. The van der Waals surface area contributed by atoms with Crippen molar-refractivity contribution in [2.45, 2.75) is 31.3 Å². The van der Waals surface area contributed by atoms with E-state index in [0.29, 0.717) is 23.4 Å². The number of hydrogen-bond acceptors (Lipinski definition) is 5. The van der Waals surface area contributed by atoms with Crippen LogP contribution in [0.25, 0.3) is 11.2 Å².